The number of benzene rings is 1. The number of rotatable bonds is 5. The Balaban J connectivity index is 1.56. The zero-order valence-electron chi connectivity index (χ0n) is 12.7. The van der Waals surface area contributed by atoms with Gasteiger partial charge in [0.05, 0.1) is 0 Å². The van der Waals surface area contributed by atoms with Crippen molar-refractivity contribution < 1.29 is 0 Å². The van der Waals surface area contributed by atoms with Gasteiger partial charge in [0.1, 0.15) is 0 Å². The SMILES string of the molecule is CN(CCc1ccccn1)Cc1ccc2c(c1)CNCC2. The number of hydrogen-bond donors (Lipinski definition) is 1. The largest absolute Gasteiger partial charge is 0.312 e. The van der Waals surface area contributed by atoms with Crippen molar-refractivity contribution in [3.8, 4) is 0 Å². The van der Waals surface area contributed by atoms with Gasteiger partial charge in [0, 0.05) is 37.9 Å². The summed E-state index contributed by atoms with van der Waals surface area (Å²) < 4.78 is 0. The summed E-state index contributed by atoms with van der Waals surface area (Å²) in [6.45, 7) is 4.16. The van der Waals surface area contributed by atoms with Crippen molar-refractivity contribution in [1.82, 2.24) is 15.2 Å². The van der Waals surface area contributed by atoms with E-state index in [1.54, 1.807) is 0 Å². The molecule has 3 rings (SSSR count). The van der Waals surface area contributed by atoms with E-state index in [-0.39, 0.29) is 0 Å². The molecule has 0 radical (unpaired) electrons. The number of fused-ring (bicyclic) bond motifs is 1. The highest BCUT2D eigenvalue weighted by Gasteiger charge is 2.09. The Morgan fingerprint density at radius 1 is 1.19 bits per heavy atom. The van der Waals surface area contributed by atoms with Crippen molar-refractivity contribution in [3.63, 3.8) is 0 Å². The van der Waals surface area contributed by atoms with E-state index in [0.717, 1.165) is 39.0 Å². The van der Waals surface area contributed by atoms with E-state index in [4.69, 9.17) is 0 Å². The number of aromatic nitrogens is 1. The maximum absolute atomic E-state index is 4.38. The Morgan fingerprint density at radius 3 is 3.00 bits per heavy atom. The van der Waals surface area contributed by atoms with Gasteiger partial charge in [0.25, 0.3) is 0 Å². The van der Waals surface area contributed by atoms with E-state index in [9.17, 15) is 0 Å². The standard InChI is InChI=1S/C18H23N3/c1-21(11-8-18-4-2-3-9-20-18)14-15-5-6-16-7-10-19-13-17(16)12-15/h2-6,9,12,19H,7-8,10-11,13-14H2,1H3. The number of pyridine rings is 1. The van der Waals surface area contributed by atoms with Gasteiger partial charge in [0.2, 0.25) is 0 Å². The second-order valence-electron chi connectivity index (χ2n) is 5.84. The van der Waals surface area contributed by atoms with Gasteiger partial charge < -0.3 is 10.2 Å². The molecule has 0 saturated heterocycles. The minimum Gasteiger partial charge on any atom is -0.312 e. The first-order chi connectivity index (χ1) is 10.3. The fourth-order valence-corrected chi connectivity index (χ4v) is 2.87. The van der Waals surface area contributed by atoms with Crippen LogP contribution in [0.15, 0.2) is 42.6 Å². The molecule has 0 spiro atoms. The zero-order valence-corrected chi connectivity index (χ0v) is 12.7. The highest BCUT2D eigenvalue weighted by molar-refractivity contribution is 5.33. The molecule has 3 heteroatoms. The molecular formula is C18H23N3. The average Bonchev–Trinajstić information content (AvgIpc) is 2.54. The predicted molar refractivity (Wildman–Crippen MR) is 86.1 cm³/mol. The Bertz CT molecular complexity index is 580. The third-order valence-corrected chi connectivity index (χ3v) is 4.09. The van der Waals surface area contributed by atoms with Crippen LogP contribution in [0.2, 0.25) is 0 Å². The molecule has 0 saturated carbocycles. The normalized spacial score (nSPS) is 14.2. The van der Waals surface area contributed by atoms with Gasteiger partial charge in [0.15, 0.2) is 0 Å². The molecule has 0 atom stereocenters. The molecule has 0 unspecified atom stereocenters. The first-order valence-corrected chi connectivity index (χ1v) is 7.71. The van der Waals surface area contributed by atoms with E-state index in [0.29, 0.717) is 0 Å². The van der Waals surface area contributed by atoms with Crippen molar-refractivity contribution in [1.29, 1.82) is 0 Å². The van der Waals surface area contributed by atoms with Gasteiger partial charge in [-0.2, -0.15) is 0 Å². The average molecular weight is 281 g/mol. The smallest absolute Gasteiger partial charge is 0.0416 e. The summed E-state index contributed by atoms with van der Waals surface area (Å²) in [6.07, 6.45) is 4.03. The molecule has 0 aliphatic carbocycles. The van der Waals surface area contributed by atoms with Crippen LogP contribution >= 0.6 is 0 Å². The highest BCUT2D eigenvalue weighted by Crippen LogP contribution is 2.16. The fraction of sp³-hybridized carbons (Fsp3) is 0.389. The van der Waals surface area contributed by atoms with Gasteiger partial charge in [-0.25, -0.2) is 0 Å². The summed E-state index contributed by atoms with van der Waals surface area (Å²) in [7, 11) is 2.18. The van der Waals surface area contributed by atoms with Crippen LogP contribution < -0.4 is 5.32 Å². The number of nitrogens with one attached hydrogen (secondary N) is 1. The van der Waals surface area contributed by atoms with Crippen molar-refractivity contribution in [2.75, 3.05) is 20.1 Å². The molecule has 1 N–H and O–H groups in total. The molecule has 3 nitrogen and oxygen atoms in total. The second kappa shape index (κ2) is 6.83. The van der Waals surface area contributed by atoms with Crippen molar-refractivity contribution in [2.24, 2.45) is 0 Å². The molecule has 0 amide bonds. The van der Waals surface area contributed by atoms with Crippen molar-refractivity contribution >= 4 is 0 Å². The summed E-state index contributed by atoms with van der Waals surface area (Å²) >= 11 is 0. The van der Waals surface area contributed by atoms with E-state index in [1.165, 1.54) is 22.4 Å². The maximum atomic E-state index is 4.38. The van der Waals surface area contributed by atoms with Crippen LogP contribution in [0.5, 0.6) is 0 Å². The second-order valence-corrected chi connectivity index (χ2v) is 5.84. The van der Waals surface area contributed by atoms with Gasteiger partial charge in [-0.3, -0.25) is 4.98 Å². The van der Waals surface area contributed by atoms with Gasteiger partial charge in [-0.1, -0.05) is 24.3 Å². The molecule has 2 aromatic rings. The molecule has 21 heavy (non-hydrogen) atoms. The molecular weight excluding hydrogens is 258 g/mol. The van der Waals surface area contributed by atoms with Crippen LogP contribution in [-0.4, -0.2) is 30.0 Å². The quantitative estimate of drug-likeness (QED) is 0.912. The summed E-state index contributed by atoms with van der Waals surface area (Å²) in [6, 6.07) is 13.1. The number of hydrogen-bond acceptors (Lipinski definition) is 3. The Hall–Kier alpha value is -1.71. The van der Waals surface area contributed by atoms with Crippen molar-refractivity contribution in [2.45, 2.75) is 25.9 Å². The monoisotopic (exact) mass is 281 g/mol. The summed E-state index contributed by atoms with van der Waals surface area (Å²) in [4.78, 5) is 6.75. The molecule has 1 aliphatic heterocycles. The molecule has 0 bridgehead atoms. The first kappa shape index (κ1) is 14.2. The predicted octanol–water partition coefficient (Wildman–Crippen LogP) is 2.40. The highest BCUT2D eigenvalue weighted by atomic mass is 15.1. The van der Waals surface area contributed by atoms with Crippen LogP contribution in [0.25, 0.3) is 0 Å². The molecule has 1 aromatic heterocycles. The van der Waals surface area contributed by atoms with E-state index in [1.807, 2.05) is 12.3 Å². The lowest BCUT2D eigenvalue weighted by atomic mass is 9.98. The molecule has 1 aliphatic rings. The molecule has 0 fully saturated rings. The lowest BCUT2D eigenvalue weighted by molar-refractivity contribution is 0.330. The van der Waals surface area contributed by atoms with Gasteiger partial charge in [-0.15, -0.1) is 0 Å². The minimum atomic E-state index is 1.00. The molecule has 1 aromatic carbocycles. The van der Waals surface area contributed by atoms with Crippen LogP contribution in [0.1, 0.15) is 22.4 Å². The van der Waals surface area contributed by atoms with E-state index in [2.05, 4.69) is 52.6 Å². The lowest BCUT2D eigenvalue weighted by Gasteiger charge is -2.20. The number of nitrogens with zero attached hydrogens (tertiary/aromatic N) is 2. The van der Waals surface area contributed by atoms with Crippen LogP contribution in [0.3, 0.4) is 0 Å². The topological polar surface area (TPSA) is 28.2 Å². The molecule has 110 valence electrons. The Labute approximate surface area is 127 Å². The third-order valence-electron chi connectivity index (χ3n) is 4.09. The van der Waals surface area contributed by atoms with Crippen LogP contribution in [0.4, 0.5) is 0 Å². The lowest BCUT2D eigenvalue weighted by Crippen LogP contribution is -2.24. The van der Waals surface area contributed by atoms with Gasteiger partial charge >= 0.3 is 0 Å². The third kappa shape index (κ3) is 3.90. The minimum absolute atomic E-state index is 1.00. The summed E-state index contributed by atoms with van der Waals surface area (Å²) in [5.74, 6) is 0. The van der Waals surface area contributed by atoms with Crippen LogP contribution in [-0.2, 0) is 25.9 Å². The van der Waals surface area contributed by atoms with E-state index < -0.39 is 0 Å². The Kier molecular flexibility index (Phi) is 4.63. The first-order valence-electron chi connectivity index (χ1n) is 7.71. The van der Waals surface area contributed by atoms with Crippen molar-refractivity contribution in [3.05, 3.63) is 65.0 Å². The van der Waals surface area contributed by atoms with Gasteiger partial charge in [-0.05, 0) is 48.8 Å². The summed E-state index contributed by atoms with van der Waals surface area (Å²) in [5.41, 5.74) is 5.55. The Morgan fingerprint density at radius 2 is 2.14 bits per heavy atom. The summed E-state index contributed by atoms with van der Waals surface area (Å²) in [5, 5.41) is 3.45. The fourth-order valence-electron chi connectivity index (χ4n) is 2.87. The van der Waals surface area contributed by atoms with E-state index >= 15 is 0 Å². The maximum Gasteiger partial charge on any atom is 0.0416 e. The molecule has 2 heterocycles. The van der Waals surface area contributed by atoms with Crippen LogP contribution in [0, 0.1) is 0 Å². The zero-order chi connectivity index (χ0) is 14.5. The number of likely N-dealkylation sites (N-methyl/N-ethyl adjacent to an activating group) is 1.